The second kappa shape index (κ2) is 4.86. The summed E-state index contributed by atoms with van der Waals surface area (Å²) in [7, 11) is 1.82. The van der Waals surface area contributed by atoms with Gasteiger partial charge in [-0.25, -0.2) is 8.78 Å². The second-order valence-corrected chi connectivity index (χ2v) is 4.40. The number of benzene rings is 1. The molecule has 0 bridgehead atoms. The van der Waals surface area contributed by atoms with Crippen molar-refractivity contribution in [3.05, 3.63) is 52.9 Å². The molecular weight excluding hydrogens is 236 g/mol. The van der Waals surface area contributed by atoms with Gasteiger partial charge >= 0.3 is 0 Å². The molecule has 18 heavy (non-hydrogen) atoms. The molecule has 1 aromatic heterocycles. The summed E-state index contributed by atoms with van der Waals surface area (Å²) in [6.45, 7) is 1.88. The van der Waals surface area contributed by atoms with Gasteiger partial charge in [0.15, 0.2) is 11.6 Å². The fourth-order valence-corrected chi connectivity index (χ4v) is 2.01. The first kappa shape index (κ1) is 12.7. The Morgan fingerprint density at radius 2 is 2.06 bits per heavy atom. The molecule has 5 heteroatoms. The van der Waals surface area contributed by atoms with E-state index in [1.165, 1.54) is 6.07 Å². The van der Waals surface area contributed by atoms with Crippen LogP contribution < -0.4 is 5.73 Å². The molecule has 2 aromatic rings. The van der Waals surface area contributed by atoms with Gasteiger partial charge in [0.05, 0.1) is 5.69 Å². The van der Waals surface area contributed by atoms with Crippen LogP contribution in [0.5, 0.6) is 0 Å². The Labute approximate surface area is 104 Å². The lowest BCUT2D eigenvalue weighted by atomic mass is 10.0. The maximum atomic E-state index is 13.1. The van der Waals surface area contributed by atoms with Crippen molar-refractivity contribution in [1.82, 2.24) is 9.78 Å². The fourth-order valence-electron chi connectivity index (χ4n) is 2.01. The van der Waals surface area contributed by atoms with Crippen LogP contribution >= 0.6 is 0 Å². The first-order chi connectivity index (χ1) is 8.47. The van der Waals surface area contributed by atoms with Crippen molar-refractivity contribution >= 4 is 0 Å². The number of aryl methyl sites for hydroxylation is 2. The molecule has 3 nitrogen and oxygen atoms in total. The van der Waals surface area contributed by atoms with Gasteiger partial charge in [-0.15, -0.1) is 0 Å². The lowest BCUT2D eigenvalue weighted by molar-refractivity contribution is 0.506. The third kappa shape index (κ3) is 2.56. The SMILES string of the molecule is Cc1nn(C)cc1C(N)Cc1ccc(F)c(F)c1. The Morgan fingerprint density at radius 3 is 2.61 bits per heavy atom. The average molecular weight is 251 g/mol. The van der Waals surface area contributed by atoms with Crippen LogP contribution in [-0.4, -0.2) is 9.78 Å². The normalized spacial score (nSPS) is 12.7. The van der Waals surface area contributed by atoms with Crippen LogP contribution in [0.3, 0.4) is 0 Å². The van der Waals surface area contributed by atoms with Crippen molar-refractivity contribution in [3.8, 4) is 0 Å². The van der Waals surface area contributed by atoms with E-state index in [2.05, 4.69) is 5.10 Å². The predicted molar refractivity (Wildman–Crippen MR) is 64.9 cm³/mol. The first-order valence-electron chi connectivity index (χ1n) is 5.67. The Bertz CT molecular complexity index is 563. The summed E-state index contributed by atoms with van der Waals surface area (Å²) in [5.74, 6) is -1.69. The number of hydrogen-bond donors (Lipinski definition) is 1. The lowest BCUT2D eigenvalue weighted by Crippen LogP contribution is -2.14. The molecule has 0 aliphatic rings. The number of hydrogen-bond acceptors (Lipinski definition) is 2. The van der Waals surface area contributed by atoms with Gasteiger partial charge in [-0.05, 0) is 31.0 Å². The third-order valence-corrected chi connectivity index (χ3v) is 2.89. The van der Waals surface area contributed by atoms with E-state index in [0.717, 1.165) is 17.3 Å². The molecule has 0 amide bonds. The zero-order valence-corrected chi connectivity index (χ0v) is 10.3. The van der Waals surface area contributed by atoms with Gasteiger partial charge in [-0.2, -0.15) is 5.10 Å². The topological polar surface area (TPSA) is 43.8 Å². The molecule has 0 radical (unpaired) electrons. The summed E-state index contributed by atoms with van der Waals surface area (Å²) in [4.78, 5) is 0. The minimum absolute atomic E-state index is 0.274. The number of nitrogens with zero attached hydrogens (tertiary/aromatic N) is 2. The summed E-state index contributed by atoms with van der Waals surface area (Å²) in [6.07, 6.45) is 2.30. The molecule has 0 aliphatic heterocycles. The van der Waals surface area contributed by atoms with Crippen molar-refractivity contribution < 1.29 is 8.78 Å². The number of aromatic nitrogens is 2. The van der Waals surface area contributed by atoms with Gasteiger partial charge < -0.3 is 5.73 Å². The number of nitrogens with two attached hydrogens (primary N) is 1. The molecule has 0 saturated carbocycles. The third-order valence-electron chi connectivity index (χ3n) is 2.89. The van der Waals surface area contributed by atoms with E-state index in [1.807, 2.05) is 20.2 Å². The standard InChI is InChI=1S/C13H15F2N3/c1-8-10(7-18(2)17-8)13(16)6-9-3-4-11(14)12(15)5-9/h3-5,7,13H,6,16H2,1-2H3. The molecule has 0 aliphatic carbocycles. The smallest absolute Gasteiger partial charge is 0.159 e. The zero-order valence-electron chi connectivity index (χ0n) is 10.3. The second-order valence-electron chi connectivity index (χ2n) is 4.40. The van der Waals surface area contributed by atoms with E-state index in [1.54, 1.807) is 10.7 Å². The van der Waals surface area contributed by atoms with Gasteiger partial charge in [0.1, 0.15) is 0 Å². The predicted octanol–water partition coefficient (Wildman–Crippen LogP) is 2.25. The van der Waals surface area contributed by atoms with Crippen LogP contribution in [0, 0.1) is 18.6 Å². The van der Waals surface area contributed by atoms with Crippen LogP contribution in [0.4, 0.5) is 8.78 Å². The van der Waals surface area contributed by atoms with E-state index in [-0.39, 0.29) is 6.04 Å². The quantitative estimate of drug-likeness (QED) is 0.909. The van der Waals surface area contributed by atoms with Gasteiger partial charge in [0, 0.05) is 24.8 Å². The van der Waals surface area contributed by atoms with Gasteiger partial charge in [-0.1, -0.05) is 6.07 Å². The molecule has 1 unspecified atom stereocenters. The van der Waals surface area contributed by atoms with Gasteiger partial charge in [-0.3, -0.25) is 4.68 Å². The fraction of sp³-hybridized carbons (Fsp3) is 0.308. The highest BCUT2D eigenvalue weighted by Gasteiger charge is 2.13. The zero-order chi connectivity index (χ0) is 13.3. The van der Waals surface area contributed by atoms with E-state index in [0.29, 0.717) is 12.0 Å². The molecule has 1 aromatic carbocycles. The highest BCUT2D eigenvalue weighted by atomic mass is 19.2. The van der Waals surface area contributed by atoms with Gasteiger partial charge in [0.2, 0.25) is 0 Å². The summed E-state index contributed by atoms with van der Waals surface area (Å²) in [6, 6.07) is 3.57. The molecule has 0 spiro atoms. The van der Waals surface area contributed by atoms with E-state index in [9.17, 15) is 8.78 Å². The van der Waals surface area contributed by atoms with Crippen molar-refractivity contribution in [3.63, 3.8) is 0 Å². The van der Waals surface area contributed by atoms with Crippen LogP contribution in [-0.2, 0) is 13.5 Å². The maximum Gasteiger partial charge on any atom is 0.159 e. The largest absolute Gasteiger partial charge is 0.324 e. The highest BCUT2D eigenvalue weighted by Crippen LogP contribution is 2.19. The Hall–Kier alpha value is -1.75. The van der Waals surface area contributed by atoms with Crippen LogP contribution in [0.15, 0.2) is 24.4 Å². The van der Waals surface area contributed by atoms with E-state index < -0.39 is 11.6 Å². The molecule has 1 atom stereocenters. The van der Waals surface area contributed by atoms with E-state index in [4.69, 9.17) is 5.73 Å². The molecule has 0 saturated heterocycles. The van der Waals surface area contributed by atoms with Crippen LogP contribution in [0.1, 0.15) is 22.9 Å². The summed E-state index contributed by atoms with van der Waals surface area (Å²) in [5, 5.41) is 4.21. The molecule has 2 rings (SSSR count). The summed E-state index contributed by atoms with van der Waals surface area (Å²) in [5.41, 5.74) is 8.50. The molecule has 96 valence electrons. The van der Waals surface area contributed by atoms with Gasteiger partial charge in [0.25, 0.3) is 0 Å². The van der Waals surface area contributed by atoms with Crippen molar-refractivity contribution in [1.29, 1.82) is 0 Å². The number of rotatable bonds is 3. The van der Waals surface area contributed by atoms with Crippen molar-refractivity contribution in [2.45, 2.75) is 19.4 Å². The van der Waals surface area contributed by atoms with Crippen molar-refractivity contribution in [2.75, 3.05) is 0 Å². The van der Waals surface area contributed by atoms with E-state index >= 15 is 0 Å². The average Bonchev–Trinajstić information content (AvgIpc) is 2.63. The summed E-state index contributed by atoms with van der Waals surface area (Å²) < 4.78 is 27.6. The first-order valence-corrected chi connectivity index (χ1v) is 5.67. The van der Waals surface area contributed by atoms with Crippen LogP contribution in [0.2, 0.25) is 0 Å². The minimum atomic E-state index is -0.845. The molecule has 0 fully saturated rings. The molecular formula is C13H15F2N3. The Morgan fingerprint density at radius 1 is 1.33 bits per heavy atom. The number of halogens is 2. The van der Waals surface area contributed by atoms with Crippen LogP contribution in [0.25, 0.3) is 0 Å². The Kier molecular flexibility index (Phi) is 3.43. The minimum Gasteiger partial charge on any atom is -0.324 e. The molecule has 2 N–H and O–H groups in total. The highest BCUT2D eigenvalue weighted by molar-refractivity contribution is 5.25. The monoisotopic (exact) mass is 251 g/mol. The maximum absolute atomic E-state index is 13.1. The molecule has 1 heterocycles. The van der Waals surface area contributed by atoms with Crippen molar-refractivity contribution in [2.24, 2.45) is 12.8 Å². The lowest BCUT2D eigenvalue weighted by Gasteiger charge is -2.11. The Balaban J connectivity index is 2.18. The summed E-state index contributed by atoms with van der Waals surface area (Å²) >= 11 is 0.